The number of nitrogens with zero attached hydrogens (tertiary/aromatic N) is 3. The fraction of sp³-hybridized carbons (Fsp3) is 0.417. The Morgan fingerprint density at radius 2 is 1.57 bits per heavy atom. The van der Waals surface area contributed by atoms with Crippen LogP contribution in [-0.4, -0.2) is 62.3 Å². The van der Waals surface area contributed by atoms with Crippen LogP contribution in [0.5, 0.6) is 0 Å². The molecule has 4 aromatic rings. The van der Waals surface area contributed by atoms with E-state index in [4.69, 9.17) is 10.6 Å². The second-order valence-corrected chi connectivity index (χ2v) is 14.7. The van der Waals surface area contributed by atoms with Crippen LogP contribution in [0.2, 0.25) is 0 Å². The van der Waals surface area contributed by atoms with E-state index in [1.54, 1.807) is 11.7 Å². The number of aromatic nitrogens is 2. The Labute approximate surface area is 313 Å². The molecule has 0 unspecified atom stereocenters. The summed E-state index contributed by atoms with van der Waals surface area (Å²) in [6.45, 7) is 7.91. The number of rotatable bonds is 17. The number of thiazole rings is 2. The number of amides is 4. The first-order valence-corrected chi connectivity index (χ1v) is 18.4. The number of aliphatic hydroxyl groups is 1. The fourth-order valence-electron chi connectivity index (χ4n) is 5.29. The molecule has 0 aliphatic carbocycles. The van der Waals surface area contributed by atoms with E-state index in [1.807, 2.05) is 93.7 Å². The third-order valence-corrected chi connectivity index (χ3v) is 9.92. The lowest BCUT2D eigenvalue weighted by Crippen LogP contribution is -2.57. The molecule has 0 saturated heterocycles. The van der Waals surface area contributed by atoms with E-state index in [0.29, 0.717) is 18.5 Å². The van der Waals surface area contributed by atoms with Gasteiger partial charge in [0.1, 0.15) is 12.6 Å². The number of carbonyl (C=O) groups is 3. The molecule has 0 spiro atoms. The molecule has 0 saturated carbocycles. The van der Waals surface area contributed by atoms with Crippen molar-refractivity contribution in [3.63, 3.8) is 0 Å². The summed E-state index contributed by atoms with van der Waals surface area (Å²) in [5, 5.41) is 24.2. The monoisotopic (exact) mass is 757 g/mol. The SMILES string of the molecule is CC(C)c1nc(CN(N)C(=O)N[C@H](C(=O)N[C@@H](Cc2ccccc2)C[C@H](O)[C@H](Cc2ccccc2)NC(=O)OCc2cncs2)C(C)C)cs1.Cl. The number of halogens is 1. The van der Waals surface area contributed by atoms with Crippen molar-refractivity contribution in [2.75, 3.05) is 0 Å². The average molecular weight is 758 g/mol. The van der Waals surface area contributed by atoms with Gasteiger partial charge in [-0.25, -0.2) is 20.4 Å². The molecule has 0 radical (unpaired) electrons. The van der Waals surface area contributed by atoms with Crippen LogP contribution in [0, 0.1) is 5.92 Å². The zero-order valence-electron chi connectivity index (χ0n) is 29.2. The Bertz CT molecular complexity index is 1630. The Kier molecular flexibility index (Phi) is 16.8. The van der Waals surface area contributed by atoms with Crippen LogP contribution in [0.1, 0.15) is 66.7 Å². The molecule has 276 valence electrons. The van der Waals surface area contributed by atoms with E-state index in [0.717, 1.165) is 26.0 Å². The minimum atomic E-state index is -1.07. The minimum absolute atomic E-state index is 0. The van der Waals surface area contributed by atoms with E-state index in [9.17, 15) is 19.5 Å². The summed E-state index contributed by atoms with van der Waals surface area (Å²) in [7, 11) is 0. The van der Waals surface area contributed by atoms with Crippen molar-refractivity contribution in [3.05, 3.63) is 104 Å². The number of urea groups is 1. The highest BCUT2D eigenvalue weighted by atomic mass is 35.5. The van der Waals surface area contributed by atoms with E-state index < -0.39 is 42.3 Å². The van der Waals surface area contributed by atoms with E-state index in [2.05, 4.69) is 25.9 Å². The number of aliphatic hydroxyl groups excluding tert-OH is 1. The summed E-state index contributed by atoms with van der Waals surface area (Å²) in [6, 6.07) is 16.3. The molecule has 51 heavy (non-hydrogen) atoms. The van der Waals surface area contributed by atoms with Gasteiger partial charge in [-0.3, -0.25) is 14.8 Å². The predicted molar refractivity (Wildman–Crippen MR) is 202 cm³/mol. The van der Waals surface area contributed by atoms with Crippen molar-refractivity contribution >= 4 is 53.1 Å². The predicted octanol–water partition coefficient (Wildman–Crippen LogP) is 5.57. The smallest absolute Gasteiger partial charge is 0.407 e. The quantitative estimate of drug-likeness (QED) is 0.0529. The van der Waals surface area contributed by atoms with E-state index in [1.165, 1.54) is 22.7 Å². The number of hydrazine groups is 1. The topological polar surface area (TPSA) is 172 Å². The summed E-state index contributed by atoms with van der Waals surface area (Å²) in [5.41, 5.74) is 4.19. The van der Waals surface area contributed by atoms with Crippen LogP contribution in [0.25, 0.3) is 0 Å². The van der Waals surface area contributed by atoms with Gasteiger partial charge in [-0.2, -0.15) is 0 Å². The normalized spacial score (nSPS) is 13.4. The van der Waals surface area contributed by atoms with Gasteiger partial charge in [0.15, 0.2) is 0 Å². The van der Waals surface area contributed by atoms with Gasteiger partial charge in [0.25, 0.3) is 0 Å². The molecular formula is C36H48ClN7O5S2. The highest BCUT2D eigenvalue weighted by Gasteiger charge is 2.31. The van der Waals surface area contributed by atoms with Crippen LogP contribution >= 0.6 is 35.1 Å². The molecule has 6 N–H and O–H groups in total. The molecule has 0 aliphatic rings. The maximum absolute atomic E-state index is 13.8. The Balaban J connectivity index is 0.00000702. The number of carbonyl (C=O) groups excluding carboxylic acids is 3. The largest absolute Gasteiger partial charge is 0.444 e. The number of benzene rings is 2. The number of nitrogens with two attached hydrogens (primary N) is 1. The number of hydrogen-bond acceptors (Lipinski definition) is 10. The maximum atomic E-state index is 13.8. The highest BCUT2D eigenvalue weighted by Crippen LogP contribution is 2.20. The lowest BCUT2D eigenvalue weighted by molar-refractivity contribution is -0.124. The standard InChI is InChI=1S/C36H47N7O5S2.ClH/c1-23(2)32(42-35(46)43(37)19-28-21-49-34(40-28)24(3)4)33(45)39-27(15-25-11-7-5-8-12-25)17-31(44)30(16-26-13-9-6-10-14-26)41-36(47)48-20-29-18-38-22-50-29;/h5-14,18,21-24,27,30-32,44H,15-17,19-20,37H2,1-4H3,(H,39,45)(H,41,47)(H,42,46);1H/t27-,30-,31-,32-;/m0./s1. The Morgan fingerprint density at radius 1 is 0.922 bits per heavy atom. The van der Waals surface area contributed by atoms with Crippen LogP contribution in [-0.2, 0) is 35.5 Å². The Morgan fingerprint density at radius 3 is 2.14 bits per heavy atom. The van der Waals surface area contributed by atoms with Crippen molar-refractivity contribution < 1.29 is 24.2 Å². The molecule has 4 rings (SSSR count). The Hall–Kier alpha value is -4.08. The molecule has 2 aromatic carbocycles. The minimum Gasteiger partial charge on any atom is -0.444 e. The van der Waals surface area contributed by atoms with Crippen LogP contribution in [0.3, 0.4) is 0 Å². The van der Waals surface area contributed by atoms with Crippen LogP contribution in [0.15, 0.2) is 77.8 Å². The summed E-state index contributed by atoms with van der Waals surface area (Å²) >= 11 is 2.89. The molecule has 4 atom stereocenters. The first-order valence-electron chi connectivity index (χ1n) is 16.6. The first-order chi connectivity index (χ1) is 24.0. The molecule has 4 amide bonds. The van der Waals surface area contributed by atoms with Gasteiger partial charge in [-0.15, -0.1) is 35.1 Å². The van der Waals surface area contributed by atoms with E-state index in [-0.39, 0.29) is 43.8 Å². The van der Waals surface area contributed by atoms with Gasteiger partial charge >= 0.3 is 12.1 Å². The summed E-state index contributed by atoms with van der Waals surface area (Å²) < 4.78 is 5.41. The molecule has 2 aromatic heterocycles. The maximum Gasteiger partial charge on any atom is 0.407 e. The van der Waals surface area contributed by atoms with Gasteiger partial charge in [0.05, 0.1) is 39.8 Å². The summed E-state index contributed by atoms with van der Waals surface area (Å²) in [6.07, 6.45) is 0.734. The molecule has 15 heteroatoms. The van der Waals surface area contributed by atoms with Crippen molar-refractivity contribution in [1.29, 1.82) is 0 Å². The number of alkyl carbamates (subject to hydrolysis) is 1. The highest BCUT2D eigenvalue weighted by molar-refractivity contribution is 7.09. The summed E-state index contributed by atoms with van der Waals surface area (Å²) in [4.78, 5) is 49.2. The average Bonchev–Trinajstić information content (AvgIpc) is 3.79. The van der Waals surface area contributed by atoms with E-state index >= 15 is 0 Å². The van der Waals surface area contributed by atoms with Gasteiger partial charge in [0, 0.05) is 23.5 Å². The lowest BCUT2D eigenvalue weighted by Gasteiger charge is -2.30. The molecule has 0 fully saturated rings. The zero-order chi connectivity index (χ0) is 36.0. The second-order valence-electron chi connectivity index (χ2n) is 12.8. The van der Waals surface area contributed by atoms with Crippen molar-refractivity contribution in [1.82, 2.24) is 30.9 Å². The molecule has 12 nitrogen and oxygen atoms in total. The number of nitrogens with one attached hydrogen (secondary N) is 3. The number of hydrogen-bond donors (Lipinski definition) is 5. The fourth-order valence-corrected chi connectivity index (χ4v) is 6.62. The van der Waals surface area contributed by atoms with Gasteiger partial charge in [-0.05, 0) is 36.3 Å². The lowest BCUT2D eigenvalue weighted by atomic mass is 9.93. The molecule has 0 bridgehead atoms. The van der Waals surface area contributed by atoms with Gasteiger partial charge in [-0.1, -0.05) is 88.4 Å². The van der Waals surface area contributed by atoms with Crippen LogP contribution in [0.4, 0.5) is 9.59 Å². The first kappa shape index (κ1) is 41.3. The summed E-state index contributed by atoms with van der Waals surface area (Å²) in [5.74, 6) is 5.68. The molecular weight excluding hydrogens is 710 g/mol. The van der Waals surface area contributed by atoms with Crippen LogP contribution < -0.4 is 21.8 Å². The molecule has 0 aliphatic heterocycles. The number of ether oxygens (including phenoxy) is 1. The zero-order valence-corrected chi connectivity index (χ0v) is 31.7. The van der Waals surface area contributed by atoms with Crippen molar-refractivity contribution in [3.8, 4) is 0 Å². The van der Waals surface area contributed by atoms with Crippen molar-refractivity contribution in [2.45, 2.75) is 90.3 Å². The van der Waals surface area contributed by atoms with Gasteiger partial charge < -0.3 is 25.8 Å². The third kappa shape index (κ3) is 13.5. The van der Waals surface area contributed by atoms with Gasteiger partial charge in [0.2, 0.25) is 5.91 Å². The third-order valence-electron chi connectivity index (χ3n) is 7.98. The van der Waals surface area contributed by atoms with Crippen molar-refractivity contribution in [2.24, 2.45) is 11.8 Å². The molecule has 2 heterocycles. The second kappa shape index (κ2) is 20.7.